The Morgan fingerprint density at radius 3 is 2.34 bits per heavy atom. The summed E-state index contributed by atoms with van der Waals surface area (Å²) in [7, 11) is 0. The second-order valence-electron chi connectivity index (χ2n) is 8.13. The van der Waals surface area contributed by atoms with E-state index in [1.54, 1.807) is 0 Å². The van der Waals surface area contributed by atoms with Crippen LogP contribution in [-0.2, 0) is 19.3 Å². The van der Waals surface area contributed by atoms with Crippen LogP contribution in [0.1, 0.15) is 36.7 Å². The first kappa shape index (κ1) is 27.3. The summed E-state index contributed by atoms with van der Waals surface area (Å²) < 4.78 is 81.7. The molecule has 0 aliphatic rings. The van der Waals surface area contributed by atoms with Crippen LogP contribution in [0.25, 0.3) is 17.2 Å². The first-order valence-electron chi connectivity index (χ1n) is 10.9. The van der Waals surface area contributed by atoms with Crippen LogP contribution in [0.3, 0.4) is 0 Å². The van der Waals surface area contributed by atoms with Crippen LogP contribution >= 0.6 is 11.6 Å². The quantitative estimate of drug-likeness (QED) is 0.335. The maximum absolute atomic E-state index is 13.6. The normalized spacial score (nSPS) is 13.2. The summed E-state index contributed by atoms with van der Waals surface area (Å²) in [5, 5.41) is 18.6. The lowest BCUT2D eigenvalue weighted by Crippen LogP contribution is -2.27. The molecule has 4 rings (SSSR count). The Hall–Kier alpha value is -3.72. The predicted octanol–water partition coefficient (Wildman–Crippen LogP) is 4.41. The minimum absolute atomic E-state index is 0.0878. The fourth-order valence-electron chi connectivity index (χ4n) is 3.58. The zero-order chi connectivity index (χ0) is 27.8. The fourth-order valence-corrected chi connectivity index (χ4v) is 3.71. The summed E-state index contributed by atoms with van der Waals surface area (Å²) in [6.07, 6.45) is -10.9. The molecule has 0 bridgehead atoms. The lowest BCUT2D eigenvalue weighted by molar-refractivity contribution is -0.138. The minimum Gasteiger partial charge on any atom is -0.385 e. The largest absolute Gasteiger partial charge is 0.420 e. The SMILES string of the molecule is CC(O)c1nc(Cn2nc(-c3ccc(Cl)cc3)n(CCC(F)(F)F)c2=O)nn1-c1ncccc1C(F)(F)F. The van der Waals surface area contributed by atoms with E-state index in [1.165, 1.54) is 31.2 Å². The van der Waals surface area contributed by atoms with Gasteiger partial charge in [0.15, 0.2) is 23.3 Å². The number of nitrogens with zero attached hydrogens (tertiary/aromatic N) is 7. The first-order chi connectivity index (χ1) is 17.7. The van der Waals surface area contributed by atoms with Crippen LogP contribution < -0.4 is 5.69 Å². The first-order valence-corrected chi connectivity index (χ1v) is 11.3. The highest BCUT2D eigenvalue weighted by Crippen LogP contribution is 2.33. The monoisotopic (exact) mass is 561 g/mol. The Morgan fingerprint density at radius 2 is 1.74 bits per heavy atom. The lowest BCUT2D eigenvalue weighted by atomic mass is 10.2. The maximum atomic E-state index is 13.6. The molecule has 1 atom stereocenters. The van der Waals surface area contributed by atoms with Gasteiger partial charge in [-0.1, -0.05) is 11.6 Å². The number of aromatic nitrogens is 7. The molecule has 0 spiro atoms. The molecule has 0 saturated heterocycles. The number of hydrogen-bond donors (Lipinski definition) is 1. The standard InChI is InChI=1S/C22H18ClF6N7O2/c1-12(37)17-31-16(32-36(17)19-15(22(27,28)29)3-2-9-30-19)11-35-20(38)34(10-8-21(24,25)26)18(33-35)13-4-6-14(23)7-5-13/h2-7,9,12,37H,8,10-11H2,1H3. The lowest BCUT2D eigenvalue weighted by Gasteiger charge is -2.13. The highest BCUT2D eigenvalue weighted by molar-refractivity contribution is 6.30. The topological polar surface area (TPSA) is 104 Å². The van der Waals surface area contributed by atoms with Crippen LogP contribution in [0.5, 0.6) is 0 Å². The molecule has 16 heteroatoms. The van der Waals surface area contributed by atoms with E-state index in [2.05, 4.69) is 20.2 Å². The molecule has 4 aromatic rings. The van der Waals surface area contributed by atoms with Crippen LogP contribution in [-0.4, -0.2) is 45.4 Å². The van der Waals surface area contributed by atoms with Gasteiger partial charge in [-0.25, -0.2) is 19.4 Å². The molecule has 0 aliphatic heterocycles. The van der Waals surface area contributed by atoms with Gasteiger partial charge < -0.3 is 5.11 Å². The number of aliphatic hydroxyl groups is 1. The number of rotatable bonds is 7. The highest BCUT2D eigenvalue weighted by Gasteiger charge is 2.36. The van der Waals surface area contributed by atoms with E-state index < -0.39 is 55.0 Å². The molecular formula is C22H18ClF6N7O2. The predicted molar refractivity (Wildman–Crippen MR) is 121 cm³/mol. The van der Waals surface area contributed by atoms with Crippen LogP contribution in [0.2, 0.25) is 5.02 Å². The second kappa shape index (κ2) is 10.2. The van der Waals surface area contributed by atoms with E-state index in [1.807, 2.05) is 0 Å². The van der Waals surface area contributed by atoms with Gasteiger partial charge >= 0.3 is 18.0 Å². The van der Waals surface area contributed by atoms with Gasteiger partial charge in [-0.3, -0.25) is 4.57 Å². The van der Waals surface area contributed by atoms with Gasteiger partial charge in [0.05, 0.1) is 6.42 Å². The third kappa shape index (κ3) is 5.88. The number of halogens is 7. The van der Waals surface area contributed by atoms with Crippen molar-refractivity contribution < 1.29 is 31.4 Å². The Labute approximate surface area is 214 Å². The van der Waals surface area contributed by atoms with Crippen LogP contribution in [0, 0.1) is 0 Å². The minimum atomic E-state index is -4.80. The van der Waals surface area contributed by atoms with E-state index in [0.29, 0.717) is 15.3 Å². The van der Waals surface area contributed by atoms with Crippen molar-refractivity contribution in [1.82, 2.24) is 34.1 Å². The summed E-state index contributed by atoms with van der Waals surface area (Å²) in [5.74, 6) is -1.27. The smallest absolute Gasteiger partial charge is 0.385 e. The van der Waals surface area contributed by atoms with Gasteiger partial charge in [-0.2, -0.15) is 31.0 Å². The average molecular weight is 562 g/mol. The van der Waals surface area contributed by atoms with Crippen LogP contribution in [0.15, 0.2) is 47.4 Å². The molecular weight excluding hydrogens is 544 g/mol. The van der Waals surface area contributed by atoms with E-state index in [-0.39, 0.29) is 17.5 Å². The summed E-state index contributed by atoms with van der Waals surface area (Å²) in [5.41, 5.74) is -1.76. The van der Waals surface area contributed by atoms with Crippen LogP contribution in [0.4, 0.5) is 26.3 Å². The summed E-state index contributed by atoms with van der Waals surface area (Å²) in [6.45, 7) is 0.000473. The Bertz CT molecular complexity index is 1490. The molecule has 1 N–H and O–H groups in total. The number of alkyl halides is 6. The number of pyridine rings is 1. The van der Waals surface area contributed by atoms with Gasteiger partial charge in [-0.05, 0) is 43.3 Å². The molecule has 0 amide bonds. The van der Waals surface area contributed by atoms with E-state index >= 15 is 0 Å². The fraction of sp³-hybridized carbons (Fsp3) is 0.318. The van der Waals surface area contributed by atoms with Gasteiger partial charge in [-0.15, -0.1) is 10.2 Å². The highest BCUT2D eigenvalue weighted by atomic mass is 35.5. The molecule has 202 valence electrons. The average Bonchev–Trinajstić information content (AvgIpc) is 3.39. The third-order valence-corrected chi connectivity index (χ3v) is 5.53. The molecule has 0 aliphatic carbocycles. The number of hydrogen-bond acceptors (Lipinski definition) is 6. The van der Waals surface area contributed by atoms with Crippen molar-refractivity contribution in [2.24, 2.45) is 0 Å². The maximum Gasteiger partial charge on any atom is 0.420 e. The van der Waals surface area contributed by atoms with E-state index in [4.69, 9.17) is 11.6 Å². The molecule has 0 fully saturated rings. The van der Waals surface area contributed by atoms with Gasteiger partial charge in [0.1, 0.15) is 18.2 Å². The van der Waals surface area contributed by atoms with Crippen molar-refractivity contribution in [2.45, 2.75) is 44.9 Å². The van der Waals surface area contributed by atoms with Crippen molar-refractivity contribution in [2.75, 3.05) is 0 Å². The summed E-state index contributed by atoms with van der Waals surface area (Å²) >= 11 is 5.88. The molecule has 1 aromatic carbocycles. The number of aliphatic hydroxyl groups excluding tert-OH is 1. The zero-order valence-corrected chi connectivity index (χ0v) is 20.1. The molecule has 3 heterocycles. The number of benzene rings is 1. The van der Waals surface area contributed by atoms with Gasteiger partial charge in [0.2, 0.25) is 0 Å². The van der Waals surface area contributed by atoms with Crippen molar-refractivity contribution in [3.63, 3.8) is 0 Å². The Balaban J connectivity index is 1.78. The summed E-state index contributed by atoms with van der Waals surface area (Å²) in [6, 6.07) is 7.74. The Morgan fingerprint density at radius 1 is 1.05 bits per heavy atom. The van der Waals surface area contributed by atoms with Crippen molar-refractivity contribution in [1.29, 1.82) is 0 Å². The van der Waals surface area contributed by atoms with Gasteiger partial charge in [0.25, 0.3) is 0 Å². The summed E-state index contributed by atoms with van der Waals surface area (Å²) in [4.78, 5) is 20.8. The molecule has 1 unspecified atom stereocenters. The Kier molecular flexibility index (Phi) is 7.34. The zero-order valence-electron chi connectivity index (χ0n) is 19.4. The molecule has 0 saturated carbocycles. The molecule has 3 aromatic heterocycles. The third-order valence-electron chi connectivity index (χ3n) is 5.28. The molecule has 38 heavy (non-hydrogen) atoms. The van der Waals surface area contributed by atoms with Gasteiger partial charge in [0, 0.05) is 23.3 Å². The van der Waals surface area contributed by atoms with E-state index in [0.717, 1.165) is 27.6 Å². The molecule has 0 radical (unpaired) electrons. The van der Waals surface area contributed by atoms with Crippen molar-refractivity contribution in [3.8, 4) is 17.2 Å². The molecule has 9 nitrogen and oxygen atoms in total. The van der Waals surface area contributed by atoms with E-state index in [9.17, 15) is 36.2 Å². The second-order valence-corrected chi connectivity index (χ2v) is 8.57. The van der Waals surface area contributed by atoms with Crippen molar-refractivity contribution in [3.05, 3.63) is 75.3 Å². The van der Waals surface area contributed by atoms with Crippen molar-refractivity contribution >= 4 is 11.6 Å².